The molecule has 46 nitrogen and oxygen atoms in total. The van der Waals surface area contributed by atoms with E-state index in [0.29, 0.717) is 52.5 Å². The third-order valence-electron chi connectivity index (χ3n) is 18.5. The van der Waals surface area contributed by atoms with E-state index in [2.05, 4.69) is 52.4 Å². The maximum absolute atomic E-state index is 11.3. The van der Waals surface area contributed by atoms with E-state index in [-0.39, 0.29) is 93.6 Å². The summed E-state index contributed by atoms with van der Waals surface area (Å²) >= 11 is 0. The number of hydrogen-bond donors (Lipinski definition) is 0. The molecule has 4 aliphatic rings. The number of para-hydroxylation sites is 1. The minimum absolute atomic E-state index is 0.0372. The number of anilines is 1. The van der Waals surface area contributed by atoms with Crippen molar-refractivity contribution in [1.82, 2.24) is 29.4 Å². The molecule has 2 amide bonds. The topological polar surface area (TPSA) is 555 Å². The van der Waals surface area contributed by atoms with Crippen molar-refractivity contribution in [3.05, 3.63) is 163 Å². The van der Waals surface area contributed by atoms with Crippen molar-refractivity contribution >= 4 is 133 Å². The molecule has 0 bridgehead atoms. The third-order valence-corrected chi connectivity index (χ3v) is 21.0. The summed E-state index contributed by atoms with van der Waals surface area (Å²) in [6.07, 6.45) is 21.2. The summed E-state index contributed by atoms with van der Waals surface area (Å²) in [5.41, 5.74) is 2.00. The molecule has 4 heterocycles. The van der Waals surface area contributed by atoms with Crippen LogP contribution in [-0.2, 0) is 193 Å². The van der Waals surface area contributed by atoms with Crippen LogP contribution in [0.4, 0.5) is 5.69 Å². The van der Waals surface area contributed by atoms with E-state index >= 15 is 0 Å². The number of rotatable bonds is 43. The van der Waals surface area contributed by atoms with E-state index in [1.54, 1.807) is 0 Å². The van der Waals surface area contributed by atoms with Crippen LogP contribution in [0, 0.1) is 0 Å². The number of benzene rings is 2. The molecule has 0 aromatic heterocycles. The Morgan fingerprint density at radius 2 is 0.652 bits per heavy atom. The van der Waals surface area contributed by atoms with Gasteiger partial charge in [0, 0.05) is 193 Å². The highest BCUT2D eigenvalue weighted by atomic mass is 32.2. The van der Waals surface area contributed by atoms with Gasteiger partial charge in [0.25, 0.3) is 0 Å². The SMILES string of the molecule is COC(=O)/C=C/C(=O)OCC(C)(C)N(C)C.COC(=O)/C=C/C(=O)OCCN(C)Cc1ccccc1.COC(=O)/C=C/C(=O)OCCN(C)c1ccccc1.COC(=O)/C=C/C(=O)OCCN1C(=O)CCC1=O.COC(=O)/C=C/C(=O)OCCN1CCCCC1.COC(=O)/C=C/C(=O)OCCN1CCOCC1.COC(=O)/C=C/C(=O)OCCN1CCS(=O)(=O)CC1.COC(=O)/C=C/C(=O)OCCS(C)(=O)=O. The summed E-state index contributed by atoms with van der Waals surface area (Å²) in [5, 5.41) is 0. The van der Waals surface area contributed by atoms with Crippen molar-refractivity contribution in [2.45, 2.75) is 58.0 Å². The van der Waals surface area contributed by atoms with Crippen LogP contribution in [0.25, 0.3) is 0 Å². The molecule has 0 spiro atoms. The lowest BCUT2D eigenvalue weighted by atomic mass is 10.1. The number of likely N-dealkylation sites (tertiary alicyclic amines) is 2. The van der Waals surface area contributed by atoms with E-state index in [0.717, 1.165) is 167 Å². The zero-order chi connectivity index (χ0) is 106. The van der Waals surface area contributed by atoms with Crippen LogP contribution in [0.5, 0.6) is 0 Å². The Balaban J connectivity index is 0. The molecule has 0 saturated carbocycles. The van der Waals surface area contributed by atoms with Crippen LogP contribution in [-0.4, -0.2) is 412 Å². The fourth-order valence-electron chi connectivity index (χ4n) is 9.98. The van der Waals surface area contributed by atoms with E-state index in [9.17, 15) is 103 Å². The lowest BCUT2D eigenvalue weighted by molar-refractivity contribution is -0.144. The molecule has 48 heteroatoms. The molecule has 4 saturated heterocycles. The summed E-state index contributed by atoms with van der Waals surface area (Å²) in [6.45, 7) is 15.3. The van der Waals surface area contributed by atoms with Crippen molar-refractivity contribution in [1.29, 1.82) is 0 Å². The lowest BCUT2D eigenvalue weighted by Gasteiger charge is -2.31. The van der Waals surface area contributed by atoms with Gasteiger partial charge < -0.3 is 90.3 Å². The van der Waals surface area contributed by atoms with Crippen LogP contribution >= 0.6 is 0 Å². The standard InChI is InChI=1S/C15H19NO4.C14H17NO4.C12H19NO4.C11H17NO6S.C11H13NO6.C11H17NO5.C11H19NO4.C8H12O6S/c1-16(12-13-6-4-3-5-7-13)10-11-20-15(18)9-8-14(17)19-2;1-15(12-6-4-3-5-7-12)10-11-19-14(17)9-8-13(16)18-2;1-16-11(14)5-6-12(15)17-10-9-13-7-3-2-4-8-13;1-17-10(13)2-3-11(14)18-7-4-12-5-8-19(15,16)9-6-12;1-17-10(15)4-5-11(16)18-7-6-12-8(13)2-3-9(12)14;1-15-10(13)2-3-11(14)17-9-6-12-4-7-16-8-5-12;1-11(2,12(3)4)8-16-10(14)7-6-9(13)15-5;1-13-7(9)3-4-8(10)14-5-6-15(2,11)12/h3-9H,10-12H2,1-2H3;3-9H,10-11H2,1-2H3;5-6H,2-4,7-10H2,1H3;2-3H,4-9H2,1H3;4-5H,2-3,6-7H2,1H3;2-3H,4-9H2,1H3;6-7H,8H2,1-5H3;3-4H,5-6H2,1-2H3/b2*9-8+;6-5+;3-2+;5-4+;3-2+;7-6+;4-3+. The number of piperidine rings is 1. The van der Waals surface area contributed by atoms with E-state index < -0.39 is 115 Å². The number of carbonyl (C=O) groups excluding carboxylic acids is 18. The minimum atomic E-state index is -3.15. The Bertz CT molecular complexity index is 4610. The van der Waals surface area contributed by atoms with Crippen molar-refractivity contribution in [2.75, 3.05) is 258 Å². The first-order valence-electron chi connectivity index (χ1n) is 43.3. The van der Waals surface area contributed by atoms with Gasteiger partial charge >= 0.3 is 95.5 Å². The highest BCUT2D eigenvalue weighted by molar-refractivity contribution is 7.91. The highest BCUT2D eigenvalue weighted by Crippen LogP contribution is 2.14. The summed E-state index contributed by atoms with van der Waals surface area (Å²) in [6, 6.07) is 19.8. The number of hydrogen-bond acceptors (Lipinski definition) is 45. The fraction of sp³-hybridized carbons (Fsp3) is 0.505. The molecular formula is C93H133N7O39S2. The summed E-state index contributed by atoms with van der Waals surface area (Å²) in [5.74, 6) is -10.2. The number of imide groups is 1. The van der Waals surface area contributed by atoms with Gasteiger partial charge in [-0.2, -0.15) is 0 Å². The lowest BCUT2D eigenvalue weighted by Crippen LogP contribution is -2.42. The number of amides is 2. The van der Waals surface area contributed by atoms with Gasteiger partial charge in [-0.25, -0.2) is 93.5 Å². The molecule has 2 aromatic carbocycles. The quantitative estimate of drug-likeness (QED) is 0.0392. The molecule has 4 aliphatic heterocycles. The van der Waals surface area contributed by atoms with E-state index in [1.807, 2.05) is 122 Å². The summed E-state index contributed by atoms with van der Waals surface area (Å²) in [4.78, 5) is 210. The van der Waals surface area contributed by atoms with Crippen LogP contribution in [0.2, 0.25) is 0 Å². The van der Waals surface area contributed by atoms with Crippen LogP contribution in [0.3, 0.4) is 0 Å². The van der Waals surface area contributed by atoms with E-state index in [1.165, 1.54) is 81.7 Å². The maximum Gasteiger partial charge on any atom is 0.331 e. The van der Waals surface area contributed by atoms with Gasteiger partial charge in [-0.1, -0.05) is 55.0 Å². The van der Waals surface area contributed by atoms with Crippen LogP contribution < -0.4 is 4.90 Å². The van der Waals surface area contributed by atoms with Crippen LogP contribution in [0.15, 0.2) is 158 Å². The van der Waals surface area contributed by atoms with Gasteiger partial charge in [-0.15, -0.1) is 0 Å². The second kappa shape index (κ2) is 78.3. The molecule has 4 fully saturated rings. The first-order chi connectivity index (χ1) is 66.8. The number of sulfone groups is 2. The Labute approximate surface area is 821 Å². The predicted molar refractivity (Wildman–Crippen MR) is 505 cm³/mol. The monoisotopic (exact) mass is 2040 g/mol. The largest absolute Gasteiger partial charge is 0.466 e. The number of likely N-dealkylation sites (N-methyl/N-ethyl adjacent to an activating group) is 3. The molecule has 0 atom stereocenters. The van der Waals surface area contributed by atoms with Crippen molar-refractivity contribution in [3.63, 3.8) is 0 Å². The zero-order valence-corrected chi connectivity index (χ0v) is 83.9. The molecular weight excluding hydrogens is 1900 g/mol. The van der Waals surface area contributed by atoms with Gasteiger partial charge in [0.1, 0.15) is 52.9 Å². The van der Waals surface area contributed by atoms with Gasteiger partial charge in [-0.3, -0.25) is 34.1 Å². The van der Waals surface area contributed by atoms with Gasteiger partial charge in [0.2, 0.25) is 11.8 Å². The Morgan fingerprint density at radius 1 is 0.369 bits per heavy atom. The predicted octanol–water partition coefficient (Wildman–Crippen LogP) is 1.42. The number of morpholine rings is 1. The molecule has 0 N–H and O–H groups in total. The summed E-state index contributed by atoms with van der Waals surface area (Å²) in [7, 11) is 11.4. The molecule has 2 aromatic rings. The number of carbonyl (C=O) groups is 18. The second-order valence-corrected chi connectivity index (χ2v) is 34.3. The highest BCUT2D eigenvalue weighted by Gasteiger charge is 2.29. The number of methoxy groups -OCH3 is 8. The van der Waals surface area contributed by atoms with Crippen LogP contribution in [0.1, 0.15) is 51.5 Å². The molecule has 6 rings (SSSR count). The molecule has 141 heavy (non-hydrogen) atoms. The normalized spacial score (nSPS) is 14.1. The van der Waals surface area contributed by atoms with Gasteiger partial charge in [0.15, 0.2) is 19.7 Å². The van der Waals surface area contributed by atoms with Gasteiger partial charge in [0.05, 0.1) is 100 Å². The minimum Gasteiger partial charge on any atom is -0.466 e. The Kier molecular flexibility index (Phi) is 71.9. The van der Waals surface area contributed by atoms with Crippen molar-refractivity contribution in [2.24, 2.45) is 0 Å². The third kappa shape index (κ3) is 74.2. The molecule has 0 aliphatic carbocycles. The molecule has 786 valence electrons. The molecule has 0 radical (unpaired) electrons. The van der Waals surface area contributed by atoms with Crippen molar-refractivity contribution < 1.29 is 184 Å². The Hall–Kier alpha value is -13.5. The fourth-order valence-corrected chi connectivity index (χ4v) is 11.6. The smallest absolute Gasteiger partial charge is 0.331 e. The van der Waals surface area contributed by atoms with E-state index in [4.69, 9.17) is 37.9 Å². The Morgan fingerprint density at radius 3 is 0.979 bits per heavy atom. The average Bonchev–Trinajstić information content (AvgIpc) is 1.74. The molecule has 0 unspecified atom stereocenters. The second-order valence-electron chi connectivity index (χ2n) is 29.7. The first-order valence-corrected chi connectivity index (χ1v) is 47.2. The zero-order valence-electron chi connectivity index (χ0n) is 82.3. The maximum atomic E-state index is 11.3. The van der Waals surface area contributed by atoms with Crippen molar-refractivity contribution in [3.8, 4) is 0 Å². The average molecular weight is 2040 g/mol. The number of nitrogens with zero attached hydrogens (tertiary/aromatic N) is 7. The number of esters is 16. The van der Waals surface area contributed by atoms with Gasteiger partial charge in [-0.05, 0) is 78.6 Å². The number of ether oxygens (including phenoxy) is 17. The first kappa shape index (κ1) is 130. The summed E-state index contributed by atoms with van der Waals surface area (Å²) < 4.78 is 122.